The quantitative estimate of drug-likeness (QED) is 0.177. The van der Waals surface area contributed by atoms with Crippen molar-refractivity contribution in [3.05, 3.63) is 82.6 Å². The van der Waals surface area contributed by atoms with Gasteiger partial charge < -0.3 is 9.88 Å². The maximum atomic E-state index is 12.5. The number of carbonyl (C=O) groups is 1. The number of benzene rings is 2. The first-order valence-electron chi connectivity index (χ1n) is 10.0. The van der Waals surface area contributed by atoms with E-state index in [1.165, 1.54) is 17.3 Å². The van der Waals surface area contributed by atoms with Gasteiger partial charge in [-0.15, -0.1) is 16.8 Å². The Morgan fingerprint density at radius 1 is 1.28 bits per heavy atom. The van der Waals surface area contributed by atoms with Crippen LogP contribution < -0.4 is 10.7 Å². The number of aryl methyl sites for hydroxylation is 1. The summed E-state index contributed by atoms with van der Waals surface area (Å²) in [5.41, 5.74) is 5.68. The Bertz CT molecular complexity index is 1100. The van der Waals surface area contributed by atoms with Crippen LogP contribution in [0.2, 0.25) is 0 Å². The average molecular weight is 513 g/mol. The third kappa shape index (κ3) is 6.80. The van der Waals surface area contributed by atoms with E-state index in [2.05, 4.69) is 67.6 Å². The van der Waals surface area contributed by atoms with Gasteiger partial charge in [0.2, 0.25) is 0 Å². The summed E-state index contributed by atoms with van der Waals surface area (Å²) in [6.07, 6.45) is 3.39. The molecule has 0 aliphatic heterocycles. The van der Waals surface area contributed by atoms with E-state index < -0.39 is 5.25 Å². The summed E-state index contributed by atoms with van der Waals surface area (Å²) in [4.78, 5) is 12.5. The highest BCUT2D eigenvalue weighted by Crippen LogP contribution is 2.23. The van der Waals surface area contributed by atoms with Crippen molar-refractivity contribution in [3.63, 3.8) is 0 Å². The zero-order chi connectivity index (χ0) is 22.9. The maximum Gasteiger partial charge on any atom is 0.253 e. The molecule has 0 fully saturated rings. The molecular weight excluding hydrogens is 488 g/mol. The van der Waals surface area contributed by atoms with Crippen molar-refractivity contribution in [3.8, 4) is 0 Å². The van der Waals surface area contributed by atoms with Crippen LogP contribution in [0.3, 0.4) is 0 Å². The molecule has 2 N–H and O–H groups in total. The lowest BCUT2D eigenvalue weighted by Crippen LogP contribution is -2.27. The molecule has 0 saturated carbocycles. The van der Waals surface area contributed by atoms with Crippen LogP contribution in [0.4, 0.5) is 5.69 Å². The van der Waals surface area contributed by atoms with Crippen molar-refractivity contribution in [2.75, 3.05) is 5.32 Å². The summed E-state index contributed by atoms with van der Waals surface area (Å²) in [7, 11) is 0. The Morgan fingerprint density at radius 2 is 2.06 bits per heavy atom. The van der Waals surface area contributed by atoms with Gasteiger partial charge in [0.1, 0.15) is 0 Å². The standard InChI is InChI=1S/C23H25BrN6OS/c1-4-12-30-21(15-25-20-10-8-16(2)9-11-20)27-29-23(30)32-17(3)22(31)28-26-14-18-6-5-7-19(24)13-18/h4-11,13-14,17,25H,1,12,15H2,2-3H3,(H,28,31)/t17-/m0/s1. The molecule has 1 amide bonds. The molecule has 0 bridgehead atoms. The van der Waals surface area contributed by atoms with Crippen molar-refractivity contribution in [2.24, 2.45) is 5.10 Å². The minimum absolute atomic E-state index is 0.214. The second-order valence-electron chi connectivity index (χ2n) is 7.07. The van der Waals surface area contributed by atoms with Crippen molar-refractivity contribution in [2.45, 2.75) is 37.3 Å². The van der Waals surface area contributed by atoms with Crippen molar-refractivity contribution in [1.29, 1.82) is 0 Å². The van der Waals surface area contributed by atoms with Gasteiger partial charge in [0.25, 0.3) is 5.91 Å². The van der Waals surface area contributed by atoms with E-state index in [4.69, 9.17) is 0 Å². The Labute approximate surface area is 200 Å². The van der Waals surface area contributed by atoms with E-state index in [1.807, 2.05) is 47.9 Å². The van der Waals surface area contributed by atoms with E-state index in [0.717, 1.165) is 21.5 Å². The summed E-state index contributed by atoms with van der Waals surface area (Å²) in [5, 5.41) is 16.3. The number of anilines is 1. The molecule has 7 nitrogen and oxygen atoms in total. The smallest absolute Gasteiger partial charge is 0.253 e. The SMILES string of the molecule is C=CCn1c(CNc2ccc(C)cc2)nnc1S[C@@H](C)C(=O)NN=Cc1cccc(Br)c1. The van der Waals surface area contributed by atoms with Gasteiger partial charge in [-0.1, -0.05) is 63.6 Å². The van der Waals surface area contributed by atoms with Gasteiger partial charge in [-0.25, -0.2) is 5.43 Å². The maximum absolute atomic E-state index is 12.5. The predicted molar refractivity (Wildman–Crippen MR) is 134 cm³/mol. The van der Waals surface area contributed by atoms with E-state index in [-0.39, 0.29) is 5.91 Å². The third-order valence-corrected chi connectivity index (χ3v) is 6.07. The number of hydrogen-bond donors (Lipinski definition) is 2. The largest absolute Gasteiger partial charge is 0.378 e. The normalized spacial score (nSPS) is 12.0. The number of aromatic nitrogens is 3. The number of hydrazone groups is 1. The Morgan fingerprint density at radius 3 is 2.78 bits per heavy atom. The first kappa shape index (κ1) is 23.7. The van der Waals surface area contributed by atoms with Gasteiger partial charge in [0.05, 0.1) is 18.0 Å². The third-order valence-electron chi connectivity index (χ3n) is 4.50. The molecule has 0 aliphatic carbocycles. The van der Waals surface area contributed by atoms with E-state index in [1.54, 1.807) is 12.3 Å². The highest BCUT2D eigenvalue weighted by Gasteiger charge is 2.19. The Kier molecular flexibility index (Phi) is 8.64. The molecule has 1 aromatic heterocycles. The first-order chi connectivity index (χ1) is 15.5. The molecule has 1 atom stereocenters. The molecule has 166 valence electrons. The van der Waals surface area contributed by atoms with E-state index in [9.17, 15) is 4.79 Å². The highest BCUT2D eigenvalue weighted by atomic mass is 79.9. The molecule has 2 aromatic carbocycles. The molecule has 0 aliphatic rings. The number of carbonyl (C=O) groups excluding carboxylic acids is 1. The minimum atomic E-state index is -0.402. The van der Waals surface area contributed by atoms with Crippen LogP contribution in [0.5, 0.6) is 0 Å². The Balaban J connectivity index is 1.60. The number of thioether (sulfide) groups is 1. The van der Waals surface area contributed by atoms with Crippen LogP contribution in [-0.4, -0.2) is 32.1 Å². The second kappa shape index (κ2) is 11.6. The zero-order valence-corrected chi connectivity index (χ0v) is 20.4. The lowest BCUT2D eigenvalue weighted by atomic mass is 10.2. The molecule has 0 saturated heterocycles. The van der Waals surface area contributed by atoms with Crippen molar-refractivity contribution < 1.29 is 4.79 Å². The van der Waals surface area contributed by atoms with Crippen molar-refractivity contribution >= 4 is 45.5 Å². The summed E-state index contributed by atoms with van der Waals surface area (Å²) < 4.78 is 2.90. The lowest BCUT2D eigenvalue weighted by Gasteiger charge is -2.12. The number of allylic oxidation sites excluding steroid dienone is 1. The predicted octanol–water partition coefficient (Wildman–Crippen LogP) is 4.78. The van der Waals surface area contributed by atoms with E-state index in [0.29, 0.717) is 18.2 Å². The van der Waals surface area contributed by atoms with Crippen LogP contribution in [0.15, 0.2) is 75.9 Å². The lowest BCUT2D eigenvalue weighted by molar-refractivity contribution is -0.120. The van der Waals surface area contributed by atoms with Crippen LogP contribution in [0.25, 0.3) is 0 Å². The topological polar surface area (TPSA) is 84.2 Å². The number of rotatable bonds is 10. The number of halogens is 1. The van der Waals surface area contributed by atoms with Gasteiger partial charge in [0, 0.05) is 16.7 Å². The monoisotopic (exact) mass is 512 g/mol. The van der Waals surface area contributed by atoms with E-state index >= 15 is 0 Å². The summed E-state index contributed by atoms with van der Waals surface area (Å²) >= 11 is 4.74. The molecule has 0 radical (unpaired) electrons. The molecule has 1 heterocycles. The first-order valence-corrected chi connectivity index (χ1v) is 11.7. The number of hydrogen-bond acceptors (Lipinski definition) is 6. The fraction of sp³-hybridized carbons (Fsp3) is 0.217. The number of amides is 1. The molecule has 32 heavy (non-hydrogen) atoms. The summed E-state index contributed by atoms with van der Waals surface area (Å²) in [6, 6.07) is 15.8. The van der Waals surface area contributed by atoms with Crippen LogP contribution >= 0.6 is 27.7 Å². The number of nitrogens with one attached hydrogen (secondary N) is 2. The number of nitrogens with zero attached hydrogens (tertiary/aromatic N) is 4. The van der Waals surface area contributed by atoms with Gasteiger partial charge in [-0.3, -0.25) is 4.79 Å². The second-order valence-corrected chi connectivity index (χ2v) is 9.29. The van der Waals surface area contributed by atoms with Gasteiger partial charge in [0.15, 0.2) is 11.0 Å². The van der Waals surface area contributed by atoms with Gasteiger partial charge in [-0.2, -0.15) is 5.10 Å². The van der Waals surface area contributed by atoms with Crippen LogP contribution in [0.1, 0.15) is 23.9 Å². The minimum Gasteiger partial charge on any atom is -0.378 e. The van der Waals surface area contributed by atoms with Crippen molar-refractivity contribution in [1.82, 2.24) is 20.2 Å². The molecule has 9 heteroatoms. The molecular formula is C23H25BrN6OS. The summed E-state index contributed by atoms with van der Waals surface area (Å²) in [5.74, 6) is 0.557. The average Bonchev–Trinajstić information content (AvgIpc) is 3.15. The fourth-order valence-corrected chi connectivity index (χ4v) is 4.05. The highest BCUT2D eigenvalue weighted by molar-refractivity contribution is 9.10. The molecule has 3 rings (SSSR count). The molecule has 3 aromatic rings. The zero-order valence-electron chi connectivity index (χ0n) is 18.0. The van der Waals surface area contributed by atoms with Crippen LogP contribution in [-0.2, 0) is 17.9 Å². The Hall–Kier alpha value is -2.91. The van der Waals surface area contributed by atoms with Gasteiger partial charge >= 0.3 is 0 Å². The molecule has 0 spiro atoms. The molecule has 0 unspecified atom stereocenters. The fourth-order valence-electron chi connectivity index (χ4n) is 2.76. The summed E-state index contributed by atoms with van der Waals surface area (Å²) in [6.45, 7) is 8.76. The van der Waals surface area contributed by atoms with Crippen LogP contribution in [0, 0.1) is 6.92 Å². The van der Waals surface area contributed by atoms with Gasteiger partial charge in [-0.05, 0) is 43.7 Å².